The summed E-state index contributed by atoms with van der Waals surface area (Å²) in [6.07, 6.45) is -4.39. The van der Waals surface area contributed by atoms with E-state index in [0.29, 0.717) is 5.69 Å². The molecule has 0 saturated carbocycles. The first-order valence-corrected chi connectivity index (χ1v) is 5.44. The molecule has 6 heteroatoms. The number of anilines is 1. The van der Waals surface area contributed by atoms with Crippen LogP contribution in [0.2, 0.25) is 0 Å². The van der Waals surface area contributed by atoms with E-state index in [-0.39, 0.29) is 18.6 Å². The summed E-state index contributed by atoms with van der Waals surface area (Å²) < 4.78 is 47.6. The molecular weight excluding hydrogens is 247 g/mol. The summed E-state index contributed by atoms with van der Waals surface area (Å²) in [5.74, 6) is 0.125. The van der Waals surface area contributed by atoms with Crippen LogP contribution in [0.25, 0.3) is 0 Å². The zero-order valence-corrected chi connectivity index (χ0v) is 10.5. The van der Waals surface area contributed by atoms with Crippen molar-refractivity contribution >= 4 is 5.69 Å². The molecule has 0 spiro atoms. The van der Waals surface area contributed by atoms with E-state index < -0.39 is 11.7 Å². The number of hydrogen-bond donors (Lipinski definition) is 1. The fourth-order valence-corrected chi connectivity index (χ4v) is 1.37. The van der Waals surface area contributed by atoms with Crippen LogP contribution >= 0.6 is 0 Å². The van der Waals surface area contributed by atoms with Gasteiger partial charge in [0.1, 0.15) is 5.75 Å². The molecule has 1 aromatic carbocycles. The Hall–Kier alpha value is -1.43. The maximum absolute atomic E-state index is 12.6. The summed E-state index contributed by atoms with van der Waals surface area (Å²) in [6, 6.07) is 3.42. The van der Waals surface area contributed by atoms with Gasteiger partial charge in [0, 0.05) is 13.2 Å². The maximum Gasteiger partial charge on any atom is 0.416 e. The van der Waals surface area contributed by atoms with Gasteiger partial charge in [0.15, 0.2) is 6.79 Å². The largest absolute Gasteiger partial charge is 0.465 e. The molecule has 102 valence electrons. The zero-order valence-electron chi connectivity index (χ0n) is 10.5. The first-order valence-electron chi connectivity index (χ1n) is 5.44. The van der Waals surface area contributed by atoms with Crippen LogP contribution in [-0.4, -0.2) is 19.9 Å². The highest BCUT2D eigenvalue weighted by Crippen LogP contribution is 2.35. The molecule has 1 aromatic rings. The van der Waals surface area contributed by atoms with Gasteiger partial charge in [-0.05, 0) is 32.0 Å². The second-order valence-corrected chi connectivity index (χ2v) is 4.06. The van der Waals surface area contributed by atoms with Crippen molar-refractivity contribution in [2.75, 3.05) is 19.2 Å². The molecule has 0 radical (unpaired) electrons. The Labute approximate surface area is 104 Å². The smallest absolute Gasteiger partial charge is 0.416 e. The molecule has 0 aliphatic rings. The Morgan fingerprint density at radius 1 is 1.28 bits per heavy atom. The lowest BCUT2D eigenvalue weighted by Gasteiger charge is -2.17. The van der Waals surface area contributed by atoms with Gasteiger partial charge in [-0.3, -0.25) is 0 Å². The third-order valence-corrected chi connectivity index (χ3v) is 2.09. The monoisotopic (exact) mass is 263 g/mol. The lowest BCUT2D eigenvalue weighted by molar-refractivity contribution is -0.137. The van der Waals surface area contributed by atoms with Gasteiger partial charge in [0.2, 0.25) is 0 Å². The van der Waals surface area contributed by atoms with Crippen LogP contribution in [-0.2, 0) is 10.9 Å². The highest BCUT2D eigenvalue weighted by molar-refractivity contribution is 5.58. The first kappa shape index (κ1) is 14.6. The minimum atomic E-state index is -4.39. The van der Waals surface area contributed by atoms with E-state index in [0.717, 1.165) is 12.1 Å². The van der Waals surface area contributed by atoms with Crippen molar-refractivity contribution in [3.8, 4) is 5.75 Å². The van der Waals surface area contributed by atoms with E-state index in [1.54, 1.807) is 0 Å². The first-order chi connectivity index (χ1) is 8.34. The molecule has 0 saturated heterocycles. The Morgan fingerprint density at radius 2 is 1.94 bits per heavy atom. The Bertz CT molecular complexity index is 391. The molecule has 0 bridgehead atoms. The van der Waals surface area contributed by atoms with Gasteiger partial charge < -0.3 is 14.8 Å². The Morgan fingerprint density at radius 3 is 2.44 bits per heavy atom. The van der Waals surface area contributed by atoms with Crippen molar-refractivity contribution in [1.29, 1.82) is 0 Å². The van der Waals surface area contributed by atoms with E-state index in [4.69, 9.17) is 9.47 Å². The van der Waals surface area contributed by atoms with Gasteiger partial charge in [0.05, 0.1) is 11.3 Å². The van der Waals surface area contributed by atoms with Gasteiger partial charge in [-0.1, -0.05) is 0 Å². The fourth-order valence-electron chi connectivity index (χ4n) is 1.37. The number of rotatable bonds is 5. The second kappa shape index (κ2) is 5.95. The van der Waals surface area contributed by atoms with Gasteiger partial charge in [-0.25, -0.2) is 0 Å². The average molecular weight is 263 g/mol. The summed E-state index contributed by atoms with van der Waals surface area (Å²) in [6.45, 7) is 3.67. The standard InChI is InChI=1S/C12H16F3NO2/c1-8(2)16-10-5-4-9(12(13,14)15)6-11(10)18-7-17-3/h4-6,8,16H,7H2,1-3H3. The van der Waals surface area contributed by atoms with Crippen molar-refractivity contribution in [1.82, 2.24) is 0 Å². The summed E-state index contributed by atoms with van der Waals surface area (Å²) in [4.78, 5) is 0. The highest BCUT2D eigenvalue weighted by Gasteiger charge is 2.31. The summed E-state index contributed by atoms with van der Waals surface area (Å²) in [5, 5.41) is 3.01. The molecule has 0 amide bonds. The highest BCUT2D eigenvalue weighted by atomic mass is 19.4. The van der Waals surface area contributed by atoms with Crippen molar-refractivity contribution in [3.05, 3.63) is 23.8 Å². The van der Waals surface area contributed by atoms with E-state index >= 15 is 0 Å². The number of ether oxygens (including phenoxy) is 2. The molecular formula is C12H16F3NO2. The Balaban J connectivity index is 3.04. The molecule has 0 aromatic heterocycles. The normalized spacial score (nSPS) is 11.7. The fraction of sp³-hybridized carbons (Fsp3) is 0.500. The minimum absolute atomic E-state index is 0.0895. The van der Waals surface area contributed by atoms with Crippen LogP contribution in [0.1, 0.15) is 19.4 Å². The SMILES string of the molecule is COCOc1cc(C(F)(F)F)ccc1NC(C)C. The molecule has 0 aliphatic carbocycles. The summed E-state index contributed by atoms with van der Waals surface area (Å²) in [7, 11) is 1.41. The summed E-state index contributed by atoms with van der Waals surface area (Å²) >= 11 is 0. The van der Waals surface area contributed by atoms with Crippen LogP contribution in [0, 0.1) is 0 Å². The molecule has 0 atom stereocenters. The quantitative estimate of drug-likeness (QED) is 0.825. The lowest BCUT2D eigenvalue weighted by Crippen LogP contribution is -2.13. The van der Waals surface area contributed by atoms with Crippen molar-refractivity contribution in [2.45, 2.75) is 26.1 Å². The molecule has 3 nitrogen and oxygen atoms in total. The van der Waals surface area contributed by atoms with Crippen molar-refractivity contribution < 1.29 is 22.6 Å². The molecule has 0 aliphatic heterocycles. The van der Waals surface area contributed by atoms with Crippen LogP contribution in [0.4, 0.5) is 18.9 Å². The topological polar surface area (TPSA) is 30.5 Å². The van der Waals surface area contributed by atoms with Crippen LogP contribution in [0.15, 0.2) is 18.2 Å². The van der Waals surface area contributed by atoms with Gasteiger partial charge in [0.25, 0.3) is 0 Å². The lowest BCUT2D eigenvalue weighted by atomic mass is 10.1. The number of alkyl halides is 3. The minimum Gasteiger partial charge on any atom is -0.465 e. The third kappa shape index (κ3) is 4.10. The Kier molecular flexibility index (Phi) is 4.84. The van der Waals surface area contributed by atoms with E-state index in [1.165, 1.54) is 13.2 Å². The molecule has 0 unspecified atom stereocenters. The van der Waals surface area contributed by atoms with Crippen LogP contribution in [0.3, 0.4) is 0 Å². The third-order valence-electron chi connectivity index (χ3n) is 2.09. The number of nitrogens with one attached hydrogen (secondary N) is 1. The van der Waals surface area contributed by atoms with Gasteiger partial charge >= 0.3 is 6.18 Å². The van der Waals surface area contributed by atoms with Gasteiger partial charge in [-0.15, -0.1) is 0 Å². The number of benzene rings is 1. The van der Waals surface area contributed by atoms with E-state index in [2.05, 4.69) is 5.32 Å². The van der Waals surface area contributed by atoms with Crippen LogP contribution in [0.5, 0.6) is 5.75 Å². The number of hydrogen-bond acceptors (Lipinski definition) is 3. The van der Waals surface area contributed by atoms with E-state index in [9.17, 15) is 13.2 Å². The zero-order chi connectivity index (χ0) is 13.8. The van der Waals surface area contributed by atoms with Crippen molar-refractivity contribution in [2.24, 2.45) is 0 Å². The van der Waals surface area contributed by atoms with Gasteiger partial charge in [-0.2, -0.15) is 13.2 Å². The molecule has 0 fully saturated rings. The molecule has 18 heavy (non-hydrogen) atoms. The van der Waals surface area contributed by atoms with E-state index in [1.807, 2.05) is 13.8 Å². The maximum atomic E-state index is 12.6. The number of methoxy groups -OCH3 is 1. The summed E-state index contributed by atoms with van der Waals surface area (Å²) in [5.41, 5.74) is -0.238. The molecule has 1 rings (SSSR count). The average Bonchev–Trinajstić information content (AvgIpc) is 2.25. The predicted octanol–water partition coefficient (Wildman–Crippen LogP) is 3.51. The molecule has 0 heterocycles. The van der Waals surface area contributed by atoms with Crippen molar-refractivity contribution in [3.63, 3.8) is 0 Å². The predicted molar refractivity (Wildman–Crippen MR) is 62.7 cm³/mol. The second-order valence-electron chi connectivity index (χ2n) is 4.06. The van der Waals surface area contributed by atoms with Crippen LogP contribution < -0.4 is 10.1 Å². The molecule has 1 N–H and O–H groups in total. The number of halogens is 3.